The predicted octanol–water partition coefficient (Wildman–Crippen LogP) is 2.71. The highest BCUT2D eigenvalue weighted by molar-refractivity contribution is 6.04. The van der Waals surface area contributed by atoms with Crippen molar-refractivity contribution in [2.45, 2.75) is 27.2 Å². The average molecular weight is 451 g/mol. The van der Waals surface area contributed by atoms with Crippen LogP contribution in [-0.2, 0) is 16.0 Å². The van der Waals surface area contributed by atoms with Crippen LogP contribution in [-0.4, -0.2) is 66.8 Å². The van der Waals surface area contributed by atoms with Crippen LogP contribution < -0.4 is 10.6 Å². The number of nitrogens with zero attached hydrogens (tertiary/aromatic N) is 2. The van der Waals surface area contributed by atoms with Crippen LogP contribution in [0, 0.1) is 12.8 Å². The molecule has 0 bridgehead atoms. The van der Waals surface area contributed by atoms with Crippen molar-refractivity contribution in [1.29, 1.82) is 0 Å². The third-order valence-corrected chi connectivity index (χ3v) is 5.81. The van der Waals surface area contributed by atoms with Gasteiger partial charge in [0.1, 0.15) is 0 Å². The molecule has 2 aromatic carbocycles. The summed E-state index contributed by atoms with van der Waals surface area (Å²) in [6.07, 6.45) is 0.406. The number of hydrogen-bond donors (Lipinski definition) is 2. The van der Waals surface area contributed by atoms with E-state index in [-0.39, 0.29) is 24.3 Å². The lowest BCUT2D eigenvalue weighted by Gasteiger charge is -2.34. The number of amides is 3. The quantitative estimate of drug-likeness (QED) is 0.648. The Labute approximate surface area is 196 Å². The van der Waals surface area contributed by atoms with E-state index in [0.717, 1.165) is 11.1 Å². The van der Waals surface area contributed by atoms with Gasteiger partial charge in [-0.2, -0.15) is 0 Å². The number of hydrogen-bond acceptors (Lipinski definition) is 4. The number of anilines is 1. The molecule has 0 radical (unpaired) electrons. The van der Waals surface area contributed by atoms with Crippen molar-refractivity contribution >= 4 is 23.4 Å². The van der Waals surface area contributed by atoms with Crippen LogP contribution in [0.4, 0.5) is 5.69 Å². The van der Waals surface area contributed by atoms with E-state index in [0.29, 0.717) is 56.3 Å². The summed E-state index contributed by atoms with van der Waals surface area (Å²) in [5, 5.41) is 5.77. The van der Waals surface area contributed by atoms with Gasteiger partial charge in [-0.3, -0.25) is 19.3 Å². The van der Waals surface area contributed by atoms with Crippen LogP contribution >= 0.6 is 0 Å². The minimum atomic E-state index is -0.194. The fourth-order valence-corrected chi connectivity index (χ4v) is 3.81. The van der Waals surface area contributed by atoms with E-state index in [1.165, 1.54) is 0 Å². The van der Waals surface area contributed by atoms with Crippen molar-refractivity contribution in [3.63, 3.8) is 0 Å². The molecule has 1 heterocycles. The van der Waals surface area contributed by atoms with E-state index in [1.807, 2.05) is 54.8 Å². The first kappa shape index (κ1) is 24.5. The SMILES string of the molecule is Cc1ccccc1CC(=O)N1CCN(CC(=O)Nc2ccccc2C(=O)NCC(C)C)CC1. The van der Waals surface area contributed by atoms with E-state index in [9.17, 15) is 14.4 Å². The molecule has 3 rings (SSSR count). The Bertz CT molecular complexity index is 981. The third-order valence-electron chi connectivity index (χ3n) is 5.81. The van der Waals surface area contributed by atoms with Gasteiger partial charge in [0.25, 0.3) is 5.91 Å². The molecular formula is C26H34N4O3. The minimum Gasteiger partial charge on any atom is -0.352 e. The Hall–Kier alpha value is -3.19. The van der Waals surface area contributed by atoms with Gasteiger partial charge in [0.05, 0.1) is 24.2 Å². The van der Waals surface area contributed by atoms with E-state index < -0.39 is 0 Å². The summed E-state index contributed by atoms with van der Waals surface area (Å²) in [7, 11) is 0. The zero-order valence-corrected chi connectivity index (χ0v) is 19.8. The Morgan fingerprint density at radius 2 is 1.61 bits per heavy atom. The first-order valence-corrected chi connectivity index (χ1v) is 11.5. The molecule has 1 fully saturated rings. The van der Waals surface area contributed by atoms with Crippen molar-refractivity contribution in [2.75, 3.05) is 44.6 Å². The monoisotopic (exact) mass is 450 g/mol. The minimum absolute atomic E-state index is 0.120. The third kappa shape index (κ3) is 7.15. The van der Waals surface area contributed by atoms with Crippen LogP contribution in [0.1, 0.15) is 35.3 Å². The van der Waals surface area contributed by atoms with Crippen molar-refractivity contribution in [3.8, 4) is 0 Å². The second-order valence-electron chi connectivity index (χ2n) is 8.96. The summed E-state index contributed by atoms with van der Waals surface area (Å²) in [6, 6.07) is 15.0. The summed E-state index contributed by atoms with van der Waals surface area (Å²) in [5.41, 5.74) is 3.15. The first-order chi connectivity index (χ1) is 15.8. The summed E-state index contributed by atoms with van der Waals surface area (Å²) in [4.78, 5) is 41.7. The molecule has 0 spiro atoms. The summed E-state index contributed by atoms with van der Waals surface area (Å²) in [6.45, 7) is 9.38. The number of para-hydroxylation sites is 1. The molecular weight excluding hydrogens is 416 g/mol. The van der Waals surface area contributed by atoms with E-state index >= 15 is 0 Å². The smallest absolute Gasteiger partial charge is 0.253 e. The van der Waals surface area contributed by atoms with Crippen LogP contribution in [0.5, 0.6) is 0 Å². The molecule has 1 saturated heterocycles. The fraction of sp³-hybridized carbons (Fsp3) is 0.423. The molecule has 7 heteroatoms. The normalized spacial score (nSPS) is 14.2. The second kappa shape index (κ2) is 11.6. The van der Waals surface area contributed by atoms with Gasteiger partial charge in [-0.05, 0) is 36.1 Å². The van der Waals surface area contributed by atoms with Gasteiger partial charge in [-0.25, -0.2) is 0 Å². The van der Waals surface area contributed by atoms with E-state index in [4.69, 9.17) is 0 Å². The van der Waals surface area contributed by atoms with Crippen LogP contribution in [0.2, 0.25) is 0 Å². The largest absolute Gasteiger partial charge is 0.352 e. The summed E-state index contributed by atoms with van der Waals surface area (Å²) in [5.74, 6) is 0.104. The molecule has 1 aliphatic rings. The molecule has 33 heavy (non-hydrogen) atoms. The maximum Gasteiger partial charge on any atom is 0.253 e. The first-order valence-electron chi connectivity index (χ1n) is 11.5. The molecule has 1 aliphatic heterocycles. The van der Waals surface area contributed by atoms with Crippen molar-refractivity contribution < 1.29 is 14.4 Å². The molecule has 0 atom stereocenters. The van der Waals surface area contributed by atoms with Gasteiger partial charge >= 0.3 is 0 Å². The maximum atomic E-state index is 12.7. The molecule has 0 unspecified atom stereocenters. The predicted molar refractivity (Wildman–Crippen MR) is 130 cm³/mol. The Balaban J connectivity index is 1.48. The molecule has 2 aromatic rings. The number of carbonyl (C=O) groups is 3. The zero-order chi connectivity index (χ0) is 23.8. The molecule has 3 amide bonds. The van der Waals surface area contributed by atoms with E-state index in [1.54, 1.807) is 24.3 Å². The second-order valence-corrected chi connectivity index (χ2v) is 8.96. The number of carbonyl (C=O) groups excluding carboxylic acids is 3. The summed E-state index contributed by atoms with van der Waals surface area (Å²) < 4.78 is 0. The van der Waals surface area contributed by atoms with Gasteiger partial charge in [-0.1, -0.05) is 50.2 Å². The Morgan fingerprint density at radius 3 is 2.30 bits per heavy atom. The van der Waals surface area contributed by atoms with Crippen LogP contribution in [0.25, 0.3) is 0 Å². The average Bonchev–Trinajstić information content (AvgIpc) is 2.79. The van der Waals surface area contributed by atoms with Crippen molar-refractivity contribution in [3.05, 3.63) is 65.2 Å². The number of piperazine rings is 1. The summed E-state index contributed by atoms with van der Waals surface area (Å²) >= 11 is 0. The lowest BCUT2D eigenvalue weighted by atomic mass is 10.1. The van der Waals surface area contributed by atoms with E-state index in [2.05, 4.69) is 10.6 Å². The number of rotatable bonds is 8. The van der Waals surface area contributed by atoms with Crippen LogP contribution in [0.3, 0.4) is 0 Å². The standard InChI is InChI=1S/C26H34N4O3/c1-19(2)17-27-26(33)22-10-6-7-11-23(22)28-24(31)18-29-12-14-30(15-13-29)25(32)16-21-9-5-4-8-20(21)3/h4-11,19H,12-18H2,1-3H3,(H,27,33)(H,28,31). The number of aryl methyl sites for hydroxylation is 1. The topological polar surface area (TPSA) is 81.8 Å². The van der Waals surface area contributed by atoms with Gasteiger partial charge in [0.15, 0.2) is 0 Å². The van der Waals surface area contributed by atoms with Gasteiger partial charge in [0, 0.05) is 32.7 Å². The highest BCUT2D eigenvalue weighted by Crippen LogP contribution is 2.16. The highest BCUT2D eigenvalue weighted by Gasteiger charge is 2.23. The van der Waals surface area contributed by atoms with Crippen LogP contribution in [0.15, 0.2) is 48.5 Å². The van der Waals surface area contributed by atoms with Gasteiger partial charge in [-0.15, -0.1) is 0 Å². The van der Waals surface area contributed by atoms with Crippen molar-refractivity contribution in [1.82, 2.24) is 15.1 Å². The molecule has 176 valence electrons. The molecule has 0 aliphatic carbocycles. The molecule has 7 nitrogen and oxygen atoms in total. The highest BCUT2D eigenvalue weighted by atomic mass is 16.2. The fourth-order valence-electron chi connectivity index (χ4n) is 3.81. The Kier molecular flexibility index (Phi) is 8.60. The lowest BCUT2D eigenvalue weighted by Crippen LogP contribution is -2.50. The molecule has 2 N–H and O–H groups in total. The van der Waals surface area contributed by atoms with Gasteiger partial charge < -0.3 is 15.5 Å². The van der Waals surface area contributed by atoms with Crippen molar-refractivity contribution in [2.24, 2.45) is 5.92 Å². The number of benzene rings is 2. The Morgan fingerprint density at radius 1 is 0.939 bits per heavy atom. The lowest BCUT2D eigenvalue weighted by molar-refractivity contribution is -0.132. The zero-order valence-electron chi connectivity index (χ0n) is 19.8. The van der Waals surface area contributed by atoms with Gasteiger partial charge in [0.2, 0.25) is 11.8 Å². The maximum absolute atomic E-state index is 12.7. The molecule has 0 saturated carbocycles. The number of nitrogens with one attached hydrogen (secondary N) is 2. The molecule has 0 aromatic heterocycles.